The summed E-state index contributed by atoms with van der Waals surface area (Å²) in [6.45, 7) is 1.65. The SMILES string of the molecule is CCC(=O)CS(=O)(=O)c1ccc(Br)cc1. The molecule has 0 saturated carbocycles. The Morgan fingerprint density at radius 3 is 2.27 bits per heavy atom. The van der Waals surface area contributed by atoms with Crippen molar-refractivity contribution in [3.05, 3.63) is 28.7 Å². The molecule has 0 saturated heterocycles. The number of ketones is 1. The highest BCUT2D eigenvalue weighted by Gasteiger charge is 2.17. The summed E-state index contributed by atoms with van der Waals surface area (Å²) in [7, 11) is -3.46. The van der Waals surface area contributed by atoms with E-state index in [0.717, 1.165) is 4.47 Å². The van der Waals surface area contributed by atoms with E-state index >= 15 is 0 Å². The standard InChI is InChI=1S/C10H11BrO3S/c1-2-9(12)7-15(13,14)10-5-3-8(11)4-6-10/h3-6H,2,7H2,1H3. The fraction of sp³-hybridized carbons (Fsp3) is 0.300. The monoisotopic (exact) mass is 290 g/mol. The molecule has 1 aromatic rings. The largest absolute Gasteiger partial charge is 0.299 e. The van der Waals surface area contributed by atoms with Crippen molar-refractivity contribution in [3.8, 4) is 0 Å². The van der Waals surface area contributed by atoms with E-state index < -0.39 is 15.6 Å². The molecule has 1 aromatic carbocycles. The Labute approximate surface area is 97.5 Å². The summed E-state index contributed by atoms with van der Waals surface area (Å²) in [5.74, 6) is -0.677. The van der Waals surface area contributed by atoms with Gasteiger partial charge in [0.15, 0.2) is 9.84 Å². The van der Waals surface area contributed by atoms with Gasteiger partial charge in [-0.1, -0.05) is 22.9 Å². The maximum atomic E-state index is 11.7. The van der Waals surface area contributed by atoms with Gasteiger partial charge < -0.3 is 0 Å². The van der Waals surface area contributed by atoms with Crippen LogP contribution < -0.4 is 0 Å². The van der Waals surface area contributed by atoms with Crippen molar-refractivity contribution < 1.29 is 13.2 Å². The summed E-state index contributed by atoms with van der Waals surface area (Å²) < 4.78 is 24.2. The summed E-state index contributed by atoms with van der Waals surface area (Å²) in [6.07, 6.45) is 0.246. The van der Waals surface area contributed by atoms with Gasteiger partial charge in [-0.2, -0.15) is 0 Å². The zero-order valence-electron chi connectivity index (χ0n) is 8.23. The number of benzene rings is 1. The molecule has 0 unspecified atom stereocenters. The highest BCUT2D eigenvalue weighted by atomic mass is 79.9. The van der Waals surface area contributed by atoms with Crippen LogP contribution >= 0.6 is 15.9 Å². The molecular weight excluding hydrogens is 280 g/mol. The maximum absolute atomic E-state index is 11.7. The molecule has 15 heavy (non-hydrogen) atoms. The van der Waals surface area contributed by atoms with Crippen LogP contribution in [0.4, 0.5) is 0 Å². The van der Waals surface area contributed by atoms with Crippen LogP contribution in [0.3, 0.4) is 0 Å². The Morgan fingerprint density at radius 1 is 1.27 bits per heavy atom. The van der Waals surface area contributed by atoms with Gasteiger partial charge in [-0.05, 0) is 24.3 Å². The number of sulfone groups is 1. The topological polar surface area (TPSA) is 51.2 Å². The highest BCUT2D eigenvalue weighted by Crippen LogP contribution is 2.16. The van der Waals surface area contributed by atoms with Gasteiger partial charge in [0.2, 0.25) is 0 Å². The zero-order valence-corrected chi connectivity index (χ0v) is 10.6. The zero-order chi connectivity index (χ0) is 11.5. The van der Waals surface area contributed by atoms with E-state index in [2.05, 4.69) is 15.9 Å². The Morgan fingerprint density at radius 2 is 1.80 bits per heavy atom. The molecular formula is C10H11BrO3S. The third-order valence-electron chi connectivity index (χ3n) is 1.92. The van der Waals surface area contributed by atoms with E-state index in [1.165, 1.54) is 12.1 Å². The number of Topliss-reactive ketones (excluding diaryl/α,β-unsaturated/α-hetero) is 1. The van der Waals surface area contributed by atoms with Gasteiger partial charge >= 0.3 is 0 Å². The smallest absolute Gasteiger partial charge is 0.185 e. The Balaban J connectivity index is 2.96. The van der Waals surface area contributed by atoms with Gasteiger partial charge in [-0.15, -0.1) is 0 Å². The second-order valence-electron chi connectivity index (χ2n) is 3.11. The summed E-state index contributed by atoms with van der Waals surface area (Å²) in [4.78, 5) is 11.3. The van der Waals surface area contributed by atoms with Crippen molar-refractivity contribution in [3.63, 3.8) is 0 Å². The number of carbonyl (C=O) groups excluding carboxylic acids is 1. The van der Waals surface area contributed by atoms with Gasteiger partial charge in [0, 0.05) is 10.9 Å². The van der Waals surface area contributed by atoms with E-state index in [1.807, 2.05) is 0 Å². The average molecular weight is 291 g/mol. The fourth-order valence-electron chi connectivity index (χ4n) is 1.04. The number of halogens is 1. The lowest BCUT2D eigenvalue weighted by molar-refractivity contribution is -0.116. The summed E-state index contributed by atoms with van der Waals surface area (Å²) >= 11 is 3.21. The van der Waals surface area contributed by atoms with Crippen molar-refractivity contribution in [2.75, 3.05) is 5.75 Å². The van der Waals surface area contributed by atoms with Crippen LogP contribution in [-0.4, -0.2) is 20.0 Å². The van der Waals surface area contributed by atoms with E-state index in [-0.39, 0.29) is 17.1 Å². The van der Waals surface area contributed by atoms with Gasteiger partial charge in [0.1, 0.15) is 11.5 Å². The van der Waals surface area contributed by atoms with Gasteiger partial charge in [0.25, 0.3) is 0 Å². The Hall–Kier alpha value is -0.680. The molecule has 0 fully saturated rings. The van der Waals surface area contributed by atoms with E-state index in [9.17, 15) is 13.2 Å². The first-order chi connectivity index (χ1) is 6.95. The van der Waals surface area contributed by atoms with Gasteiger partial charge in [-0.3, -0.25) is 4.79 Å². The van der Waals surface area contributed by atoms with Crippen molar-refractivity contribution in [1.29, 1.82) is 0 Å². The van der Waals surface area contributed by atoms with Crippen LogP contribution in [0.2, 0.25) is 0 Å². The van der Waals surface area contributed by atoms with Crippen LogP contribution in [0, 0.1) is 0 Å². The lowest BCUT2D eigenvalue weighted by Crippen LogP contribution is -2.15. The van der Waals surface area contributed by atoms with Gasteiger partial charge in [0.05, 0.1) is 4.90 Å². The predicted octanol–water partition coefficient (Wildman–Crippen LogP) is 2.20. The predicted molar refractivity (Wildman–Crippen MR) is 61.5 cm³/mol. The van der Waals surface area contributed by atoms with Crippen LogP contribution in [0.15, 0.2) is 33.6 Å². The molecule has 0 bridgehead atoms. The second-order valence-corrected chi connectivity index (χ2v) is 6.01. The molecule has 5 heteroatoms. The molecule has 0 atom stereocenters. The molecule has 3 nitrogen and oxygen atoms in total. The third kappa shape index (κ3) is 3.43. The number of carbonyl (C=O) groups is 1. The minimum atomic E-state index is -3.46. The number of hydrogen-bond acceptors (Lipinski definition) is 3. The lowest BCUT2D eigenvalue weighted by Gasteiger charge is -2.02. The molecule has 0 aliphatic heterocycles. The molecule has 0 aliphatic carbocycles. The molecule has 82 valence electrons. The molecule has 0 N–H and O–H groups in total. The van der Waals surface area contributed by atoms with Crippen LogP contribution in [0.1, 0.15) is 13.3 Å². The van der Waals surface area contributed by atoms with Crippen LogP contribution in [0.5, 0.6) is 0 Å². The first-order valence-corrected chi connectivity index (χ1v) is 6.90. The van der Waals surface area contributed by atoms with E-state index in [4.69, 9.17) is 0 Å². The lowest BCUT2D eigenvalue weighted by atomic mass is 10.4. The van der Waals surface area contributed by atoms with E-state index in [1.54, 1.807) is 19.1 Å². The first-order valence-electron chi connectivity index (χ1n) is 4.45. The van der Waals surface area contributed by atoms with Crippen molar-refractivity contribution in [2.24, 2.45) is 0 Å². The first kappa shape index (κ1) is 12.4. The van der Waals surface area contributed by atoms with Crippen molar-refractivity contribution in [1.82, 2.24) is 0 Å². The third-order valence-corrected chi connectivity index (χ3v) is 4.14. The van der Waals surface area contributed by atoms with E-state index in [0.29, 0.717) is 0 Å². The number of rotatable bonds is 4. The van der Waals surface area contributed by atoms with Gasteiger partial charge in [-0.25, -0.2) is 8.42 Å². The number of hydrogen-bond donors (Lipinski definition) is 0. The normalized spacial score (nSPS) is 11.3. The van der Waals surface area contributed by atoms with Crippen LogP contribution in [-0.2, 0) is 14.6 Å². The molecule has 0 radical (unpaired) electrons. The second kappa shape index (κ2) is 4.90. The fourth-order valence-corrected chi connectivity index (χ4v) is 2.65. The highest BCUT2D eigenvalue weighted by molar-refractivity contribution is 9.10. The van der Waals surface area contributed by atoms with Crippen LogP contribution in [0.25, 0.3) is 0 Å². The summed E-state index contributed by atoms with van der Waals surface area (Å²) in [5, 5.41) is 0. The molecule has 0 amide bonds. The minimum absolute atomic E-state index is 0.188. The van der Waals surface area contributed by atoms with Crippen molar-refractivity contribution in [2.45, 2.75) is 18.2 Å². The molecule has 0 aromatic heterocycles. The Kier molecular flexibility index (Phi) is 4.04. The minimum Gasteiger partial charge on any atom is -0.299 e. The van der Waals surface area contributed by atoms with Crippen molar-refractivity contribution >= 4 is 31.6 Å². The molecule has 0 aliphatic rings. The molecule has 0 spiro atoms. The summed E-state index contributed by atoms with van der Waals surface area (Å²) in [6, 6.07) is 6.26. The maximum Gasteiger partial charge on any atom is 0.185 e. The molecule has 1 rings (SSSR count). The summed E-state index contributed by atoms with van der Waals surface area (Å²) in [5.41, 5.74) is 0. The Bertz CT molecular complexity index is 448. The quantitative estimate of drug-likeness (QED) is 0.854. The average Bonchev–Trinajstić information content (AvgIpc) is 2.17. The molecule has 0 heterocycles.